The summed E-state index contributed by atoms with van der Waals surface area (Å²) in [5, 5.41) is 0. The van der Waals surface area contributed by atoms with E-state index in [1.807, 2.05) is 76.2 Å². The maximum Gasteiger partial charge on any atom is 0.576 e. The second-order valence-corrected chi connectivity index (χ2v) is 5.69. The summed E-state index contributed by atoms with van der Waals surface area (Å²) in [6.07, 6.45) is 0.260. The maximum atomic E-state index is 5.63. The Bertz CT molecular complexity index is 560. The fraction of sp³-hybridized carbons (Fsp3) is 0.333. The van der Waals surface area contributed by atoms with Gasteiger partial charge < -0.3 is 18.8 Å². The van der Waals surface area contributed by atoms with E-state index in [1.165, 1.54) is 0 Å². The fourth-order valence-electron chi connectivity index (χ4n) is 1.98. The van der Waals surface area contributed by atoms with Gasteiger partial charge in [-0.3, -0.25) is 0 Å². The zero-order chi connectivity index (χ0) is 16.7. The first-order chi connectivity index (χ1) is 11.0. The van der Waals surface area contributed by atoms with Crippen LogP contribution in [0.5, 0.6) is 23.0 Å². The van der Waals surface area contributed by atoms with Crippen LogP contribution in [0.2, 0.25) is 0 Å². The lowest BCUT2D eigenvalue weighted by molar-refractivity contribution is 0.242. The smallest absolute Gasteiger partial charge is 0.528 e. The van der Waals surface area contributed by atoms with E-state index in [-0.39, 0.29) is 19.9 Å². The van der Waals surface area contributed by atoms with Crippen LogP contribution in [0, 0.1) is 0 Å². The summed E-state index contributed by atoms with van der Waals surface area (Å²) in [5.74, 6) is 2.98. The quantitative estimate of drug-likeness (QED) is 0.691. The van der Waals surface area contributed by atoms with Crippen LogP contribution in [0.15, 0.2) is 48.5 Å². The van der Waals surface area contributed by atoms with Gasteiger partial charge in [-0.25, -0.2) is 0 Å². The van der Waals surface area contributed by atoms with Crippen LogP contribution < -0.4 is 18.8 Å². The van der Waals surface area contributed by atoms with Gasteiger partial charge in [0.2, 0.25) is 0 Å². The Morgan fingerprint density at radius 1 is 0.652 bits per heavy atom. The van der Waals surface area contributed by atoms with Gasteiger partial charge >= 0.3 is 7.69 Å². The van der Waals surface area contributed by atoms with Gasteiger partial charge in [-0.05, 0) is 52.0 Å². The number of benzene rings is 2. The van der Waals surface area contributed by atoms with Crippen molar-refractivity contribution in [3.63, 3.8) is 0 Å². The Balaban J connectivity index is 1.87. The molecule has 2 aromatic carbocycles. The summed E-state index contributed by atoms with van der Waals surface area (Å²) in [6, 6.07) is 15.0. The van der Waals surface area contributed by atoms with E-state index in [1.54, 1.807) is 0 Å². The number of hydrogen-bond acceptors (Lipinski definition) is 4. The molecule has 0 fully saturated rings. The van der Waals surface area contributed by atoms with Crippen molar-refractivity contribution in [3.8, 4) is 23.0 Å². The lowest BCUT2D eigenvalue weighted by Crippen LogP contribution is -2.12. The maximum absolute atomic E-state index is 5.63. The van der Waals surface area contributed by atoms with Crippen LogP contribution in [-0.2, 0) is 0 Å². The van der Waals surface area contributed by atoms with Crippen molar-refractivity contribution in [2.45, 2.75) is 39.9 Å². The SMILES string of the molecule is CC(C)Oc1cccc(OBOc2cccc(OC(C)C)c2)c1. The van der Waals surface area contributed by atoms with E-state index < -0.39 is 0 Å². The van der Waals surface area contributed by atoms with Crippen molar-refractivity contribution in [3.05, 3.63) is 48.5 Å². The molecule has 0 bridgehead atoms. The minimum atomic E-state index is 0.121. The van der Waals surface area contributed by atoms with E-state index in [2.05, 4.69) is 0 Å². The highest BCUT2D eigenvalue weighted by Gasteiger charge is 2.04. The molecular formula is C18H23BO4. The van der Waals surface area contributed by atoms with Gasteiger partial charge in [0, 0.05) is 12.1 Å². The second kappa shape index (κ2) is 8.37. The summed E-state index contributed by atoms with van der Waals surface area (Å²) < 4.78 is 22.5. The Morgan fingerprint density at radius 3 is 1.43 bits per heavy atom. The highest BCUT2D eigenvalue weighted by Crippen LogP contribution is 2.22. The minimum absolute atomic E-state index is 0.121. The molecule has 4 nitrogen and oxygen atoms in total. The zero-order valence-electron chi connectivity index (χ0n) is 14.1. The van der Waals surface area contributed by atoms with Gasteiger partial charge in [-0.2, -0.15) is 0 Å². The summed E-state index contributed by atoms with van der Waals surface area (Å²) in [4.78, 5) is 0. The minimum Gasteiger partial charge on any atom is -0.528 e. The van der Waals surface area contributed by atoms with E-state index in [0.29, 0.717) is 11.5 Å². The monoisotopic (exact) mass is 314 g/mol. The largest absolute Gasteiger partial charge is 0.576 e. The summed E-state index contributed by atoms with van der Waals surface area (Å²) in [7, 11) is 0.121. The lowest BCUT2D eigenvalue weighted by atomic mass is 10.2. The molecule has 2 rings (SSSR count). The van der Waals surface area contributed by atoms with Gasteiger partial charge in [0.1, 0.15) is 23.0 Å². The predicted molar refractivity (Wildman–Crippen MR) is 92.8 cm³/mol. The van der Waals surface area contributed by atoms with Crippen LogP contribution in [0.3, 0.4) is 0 Å². The van der Waals surface area contributed by atoms with E-state index in [9.17, 15) is 0 Å². The first kappa shape index (κ1) is 17.1. The third-order valence-electron chi connectivity index (χ3n) is 2.81. The van der Waals surface area contributed by atoms with Crippen molar-refractivity contribution in [1.29, 1.82) is 0 Å². The Labute approximate surface area is 138 Å². The first-order valence-electron chi connectivity index (χ1n) is 7.82. The van der Waals surface area contributed by atoms with Crippen LogP contribution >= 0.6 is 0 Å². The topological polar surface area (TPSA) is 36.9 Å². The predicted octanol–water partition coefficient (Wildman–Crippen LogP) is 3.99. The number of rotatable bonds is 8. The van der Waals surface area contributed by atoms with Crippen molar-refractivity contribution < 1.29 is 18.8 Å². The van der Waals surface area contributed by atoms with Gasteiger partial charge in [0.25, 0.3) is 0 Å². The van der Waals surface area contributed by atoms with E-state index in [0.717, 1.165) is 11.5 Å². The van der Waals surface area contributed by atoms with Crippen molar-refractivity contribution in [1.82, 2.24) is 0 Å². The van der Waals surface area contributed by atoms with Crippen molar-refractivity contribution >= 4 is 7.69 Å². The van der Waals surface area contributed by atoms with Gasteiger partial charge in [0.05, 0.1) is 12.2 Å². The molecule has 122 valence electrons. The van der Waals surface area contributed by atoms with Crippen LogP contribution in [0.25, 0.3) is 0 Å². The molecule has 5 heteroatoms. The average molecular weight is 314 g/mol. The molecule has 0 aliphatic rings. The molecule has 0 N–H and O–H groups in total. The third kappa shape index (κ3) is 6.14. The normalized spacial score (nSPS) is 10.5. The van der Waals surface area contributed by atoms with Gasteiger partial charge in [0.15, 0.2) is 0 Å². The molecule has 0 radical (unpaired) electrons. The van der Waals surface area contributed by atoms with Gasteiger partial charge in [-0.1, -0.05) is 12.1 Å². The highest BCUT2D eigenvalue weighted by molar-refractivity contribution is 6.20. The Hall–Kier alpha value is -2.30. The Kier molecular flexibility index (Phi) is 6.21. The molecule has 0 aromatic heterocycles. The molecule has 0 spiro atoms. The number of ether oxygens (including phenoxy) is 2. The molecule has 0 atom stereocenters. The molecule has 0 saturated carbocycles. The lowest BCUT2D eigenvalue weighted by Gasteiger charge is -2.13. The summed E-state index contributed by atoms with van der Waals surface area (Å²) in [5.41, 5.74) is 0. The van der Waals surface area contributed by atoms with Crippen LogP contribution in [0.1, 0.15) is 27.7 Å². The van der Waals surface area contributed by atoms with Crippen molar-refractivity contribution in [2.24, 2.45) is 0 Å². The molecule has 23 heavy (non-hydrogen) atoms. The fourth-order valence-corrected chi connectivity index (χ4v) is 1.98. The molecule has 0 unspecified atom stereocenters. The summed E-state index contributed by atoms with van der Waals surface area (Å²) >= 11 is 0. The van der Waals surface area contributed by atoms with Crippen LogP contribution in [0.4, 0.5) is 0 Å². The molecule has 2 aromatic rings. The standard InChI is InChI=1S/C18H23BO4/c1-13(2)20-15-7-5-9-17(11-15)22-19-23-18-10-6-8-16(12-18)21-14(3)4/h5-14,19H,1-4H3. The van der Waals surface area contributed by atoms with Crippen molar-refractivity contribution in [2.75, 3.05) is 0 Å². The van der Waals surface area contributed by atoms with Gasteiger partial charge in [-0.15, -0.1) is 0 Å². The van der Waals surface area contributed by atoms with Crippen LogP contribution in [-0.4, -0.2) is 19.9 Å². The second-order valence-electron chi connectivity index (χ2n) is 5.69. The molecule has 0 amide bonds. The molecular weight excluding hydrogens is 291 g/mol. The molecule has 0 aliphatic heterocycles. The summed E-state index contributed by atoms with van der Waals surface area (Å²) in [6.45, 7) is 7.96. The Morgan fingerprint density at radius 2 is 1.04 bits per heavy atom. The molecule has 0 heterocycles. The molecule has 0 saturated heterocycles. The van der Waals surface area contributed by atoms with E-state index >= 15 is 0 Å². The average Bonchev–Trinajstić information content (AvgIpc) is 2.46. The highest BCUT2D eigenvalue weighted by atomic mass is 16.6. The molecule has 0 aliphatic carbocycles. The first-order valence-corrected chi connectivity index (χ1v) is 7.82. The van der Waals surface area contributed by atoms with E-state index in [4.69, 9.17) is 18.8 Å². The number of hydrogen-bond donors (Lipinski definition) is 0. The third-order valence-corrected chi connectivity index (χ3v) is 2.81. The zero-order valence-corrected chi connectivity index (χ0v) is 14.1.